The zero-order valence-corrected chi connectivity index (χ0v) is 10.7. The zero-order valence-electron chi connectivity index (χ0n) is 10.7. The molecule has 2 rings (SSSR count). The van der Waals surface area contributed by atoms with Gasteiger partial charge in [0.2, 0.25) is 0 Å². The van der Waals surface area contributed by atoms with E-state index < -0.39 is 0 Å². The summed E-state index contributed by atoms with van der Waals surface area (Å²) < 4.78 is 13.2. The van der Waals surface area contributed by atoms with Crippen LogP contribution < -0.4 is 10.6 Å². The summed E-state index contributed by atoms with van der Waals surface area (Å²) in [5, 5.41) is 0. The molecule has 0 spiro atoms. The Morgan fingerprint density at radius 3 is 2.63 bits per heavy atom. The molecule has 1 amide bonds. The van der Waals surface area contributed by atoms with Crippen LogP contribution in [0.15, 0.2) is 36.5 Å². The Bertz CT molecular complexity index is 611. The number of amides is 1. The predicted molar refractivity (Wildman–Crippen MR) is 72.5 cm³/mol. The van der Waals surface area contributed by atoms with Crippen LogP contribution in [0.2, 0.25) is 0 Å². The second-order valence-electron chi connectivity index (χ2n) is 4.27. The summed E-state index contributed by atoms with van der Waals surface area (Å²) in [6.07, 6.45) is 1.52. The van der Waals surface area contributed by atoms with Gasteiger partial charge in [0.1, 0.15) is 11.6 Å². The van der Waals surface area contributed by atoms with Crippen molar-refractivity contribution in [3.63, 3.8) is 0 Å². The molecular formula is C14H14FN3O. The molecule has 98 valence electrons. The van der Waals surface area contributed by atoms with Crippen LogP contribution in [0.5, 0.6) is 0 Å². The van der Waals surface area contributed by atoms with Crippen molar-refractivity contribution in [2.24, 2.45) is 0 Å². The van der Waals surface area contributed by atoms with Crippen LogP contribution in [0, 0.1) is 12.7 Å². The number of benzene rings is 1. The number of hydrogen-bond acceptors (Lipinski definition) is 3. The van der Waals surface area contributed by atoms with Gasteiger partial charge in [0.15, 0.2) is 0 Å². The van der Waals surface area contributed by atoms with Crippen LogP contribution in [0.4, 0.5) is 15.9 Å². The third-order valence-electron chi connectivity index (χ3n) is 2.87. The Labute approximate surface area is 110 Å². The second-order valence-corrected chi connectivity index (χ2v) is 4.27. The Balaban J connectivity index is 2.28. The van der Waals surface area contributed by atoms with Gasteiger partial charge in [-0.15, -0.1) is 0 Å². The molecule has 1 heterocycles. The van der Waals surface area contributed by atoms with Crippen molar-refractivity contribution in [3.05, 3.63) is 53.5 Å². The maximum atomic E-state index is 13.2. The highest BCUT2D eigenvalue weighted by Crippen LogP contribution is 2.17. The second kappa shape index (κ2) is 5.06. The number of nitrogens with two attached hydrogens (primary N) is 1. The number of anilines is 2. The van der Waals surface area contributed by atoms with Gasteiger partial charge in [-0.1, -0.05) is 0 Å². The van der Waals surface area contributed by atoms with Crippen LogP contribution in [0.1, 0.15) is 15.9 Å². The lowest BCUT2D eigenvalue weighted by molar-refractivity contribution is 0.0993. The summed E-state index contributed by atoms with van der Waals surface area (Å²) in [4.78, 5) is 17.6. The van der Waals surface area contributed by atoms with Crippen molar-refractivity contribution < 1.29 is 9.18 Å². The molecule has 5 heteroatoms. The minimum Gasteiger partial charge on any atom is -0.384 e. The van der Waals surface area contributed by atoms with Crippen LogP contribution >= 0.6 is 0 Å². The molecule has 0 bridgehead atoms. The Morgan fingerprint density at radius 1 is 1.32 bits per heavy atom. The van der Waals surface area contributed by atoms with Gasteiger partial charge in [-0.3, -0.25) is 4.79 Å². The highest BCUT2D eigenvalue weighted by molar-refractivity contribution is 6.05. The Hall–Kier alpha value is -2.43. The Kier molecular flexibility index (Phi) is 3.46. The van der Waals surface area contributed by atoms with E-state index in [0.717, 1.165) is 0 Å². The first kappa shape index (κ1) is 13.0. The number of nitrogens with zero attached hydrogens (tertiary/aromatic N) is 2. The van der Waals surface area contributed by atoms with Gasteiger partial charge >= 0.3 is 0 Å². The number of pyridine rings is 1. The van der Waals surface area contributed by atoms with Crippen molar-refractivity contribution in [2.45, 2.75) is 6.92 Å². The highest BCUT2D eigenvalue weighted by Gasteiger charge is 2.14. The topological polar surface area (TPSA) is 59.2 Å². The monoisotopic (exact) mass is 259 g/mol. The van der Waals surface area contributed by atoms with E-state index >= 15 is 0 Å². The SMILES string of the molecule is Cc1cc(C(=O)N(C)c2ccc(N)nc2)ccc1F. The molecule has 19 heavy (non-hydrogen) atoms. The van der Waals surface area contributed by atoms with E-state index in [-0.39, 0.29) is 11.7 Å². The van der Waals surface area contributed by atoms with Gasteiger partial charge in [-0.2, -0.15) is 0 Å². The van der Waals surface area contributed by atoms with Gasteiger partial charge in [0.25, 0.3) is 5.91 Å². The molecule has 1 aromatic heterocycles. The molecule has 0 radical (unpaired) electrons. The number of hydrogen-bond donors (Lipinski definition) is 1. The fourth-order valence-corrected chi connectivity index (χ4v) is 1.68. The molecule has 0 fully saturated rings. The summed E-state index contributed by atoms with van der Waals surface area (Å²) in [7, 11) is 1.63. The van der Waals surface area contributed by atoms with Crippen molar-refractivity contribution in [1.29, 1.82) is 0 Å². The standard InChI is InChI=1S/C14H14FN3O/c1-9-7-10(3-5-12(9)15)14(19)18(2)11-4-6-13(16)17-8-11/h3-8H,1-2H3,(H2,16,17). The van der Waals surface area contributed by atoms with E-state index in [4.69, 9.17) is 5.73 Å². The minimum absolute atomic E-state index is 0.227. The lowest BCUT2D eigenvalue weighted by Crippen LogP contribution is -2.26. The van der Waals surface area contributed by atoms with E-state index in [2.05, 4.69) is 4.98 Å². The number of carbonyl (C=O) groups excluding carboxylic acids is 1. The fourth-order valence-electron chi connectivity index (χ4n) is 1.68. The first-order valence-corrected chi connectivity index (χ1v) is 5.75. The average Bonchev–Trinajstić information content (AvgIpc) is 2.41. The van der Waals surface area contributed by atoms with E-state index in [9.17, 15) is 9.18 Å². The van der Waals surface area contributed by atoms with E-state index in [0.29, 0.717) is 22.6 Å². The summed E-state index contributed by atoms with van der Waals surface area (Å²) >= 11 is 0. The molecule has 0 saturated carbocycles. The maximum absolute atomic E-state index is 13.2. The third-order valence-corrected chi connectivity index (χ3v) is 2.87. The van der Waals surface area contributed by atoms with Crippen LogP contribution in [0.25, 0.3) is 0 Å². The molecule has 0 unspecified atom stereocenters. The fraction of sp³-hybridized carbons (Fsp3) is 0.143. The quantitative estimate of drug-likeness (QED) is 0.900. The lowest BCUT2D eigenvalue weighted by atomic mass is 10.1. The summed E-state index contributed by atoms with van der Waals surface area (Å²) in [5.41, 5.74) is 6.99. The summed E-state index contributed by atoms with van der Waals surface area (Å²) in [5.74, 6) is -0.162. The van der Waals surface area contributed by atoms with E-state index in [1.807, 2.05) is 0 Å². The van der Waals surface area contributed by atoms with Crippen LogP contribution in [0.3, 0.4) is 0 Å². The third kappa shape index (κ3) is 2.70. The predicted octanol–water partition coefficient (Wildman–Crippen LogP) is 2.39. The van der Waals surface area contributed by atoms with E-state index in [1.165, 1.54) is 29.3 Å². The molecule has 0 atom stereocenters. The summed E-state index contributed by atoms with van der Waals surface area (Å²) in [6.45, 7) is 1.62. The normalized spacial score (nSPS) is 10.3. The molecule has 0 saturated heterocycles. The van der Waals surface area contributed by atoms with Gasteiger partial charge in [0, 0.05) is 12.6 Å². The zero-order chi connectivity index (χ0) is 14.0. The molecular weight excluding hydrogens is 245 g/mol. The number of carbonyl (C=O) groups is 1. The van der Waals surface area contributed by atoms with Crippen LogP contribution in [-0.4, -0.2) is 17.9 Å². The van der Waals surface area contributed by atoms with Crippen molar-refractivity contribution >= 4 is 17.4 Å². The molecule has 0 aliphatic rings. The van der Waals surface area contributed by atoms with Gasteiger partial charge in [-0.05, 0) is 42.8 Å². The Morgan fingerprint density at radius 2 is 2.05 bits per heavy atom. The number of aryl methyl sites for hydroxylation is 1. The van der Waals surface area contributed by atoms with Crippen molar-refractivity contribution in [2.75, 3.05) is 17.7 Å². The molecule has 0 aliphatic carbocycles. The first-order valence-electron chi connectivity index (χ1n) is 5.75. The number of rotatable bonds is 2. The van der Waals surface area contributed by atoms with Crippen molar-refractivity contribution in [1.82, 2.24) is 4.98 Å². The van der Waals surface area contributed by atoms with Crippen molar-refractivity contribution in [3.8, 4) is 0 Å². The minimum atomic E-state index is -0.326. The number of halogens is 1. The molecule has 1 aromatic carbocycles. The largest absolute Gasteiger partial charge is 0.384 e. The van der Waals surface area contributed by atoms with Gasteiger partial charge < -0.3 is 10.6 Å². The van der Waals surface area contributed by atoms with E-state index in [1.54, 1.807) is 26.1 Å². The van der Waals surface area contributed by atoms with Crippen LogP contribution in [-0.2, 0) is 0 Å². The summed E-state index contributed by atoms with van der Waals surface area (Å²) in [6, 6.07) is 7.61. The van der Waals surface area contributed by atoms with Gasteiger partial charge in [-0.25, -0.2) is 9.37 Å². The molecule has 2 aromatic rings. The molecule has 4 nitrogen and oxygen atoms in total. The number of nitrogen functional groups attached to an aromatic ring is 1. The average molecular weight is 259 g/mol. The lowest BCUT2D eigenvalue weighted by Gasteiger charge is -2.17. The molecule has 0 aliphatic heterocycles. The maximum Gasteiger partial charge on any atom is 0.258 e. The highest BCUT2D eigenvalue weighted by atomic mass is 19.1. The molecule has 2 N–H and O–H groups in total. The van der Waals surface area contributed by atoms with Gasteiger partial charge in [0.05, 0.1) is 11.9 Å². The number of aromatic nitrogens is 1. The smallest absolute Gasteiger partial charge is 0.258 e. The first-order chi connectivity index (χ1) is 8.99.